The number of allylic oxidation sites excluding steroid dienone is 1. The molecule has 0 radical (unpaired) electrons. The molecule has 1 spiro atoms. The van der Waals surface area contributed by atoms with Gasteiger partial charge >= 0.3 is 0 Å². The third-order valence-corrected chi connectivity index (χ3v) is 6.14. The van der Waals surface area contributed by atoms with Crippen LogP contribution in [0.15, 0.2) is 36.4 Å². The van der Waals surface area contributed by atoms with E-state index in [4.69, 9.17) is 14.6 Å². The highest BCUT2D eigenvalue weighted by Crippen LogP contribution is 2.41. The minimum Gasteiger partial charge on any atom is -0.381 e. The molecule has 1 aliphatic carbocycles. The maximum Gasteiger partial charge on any atom is 0.0717 e. The Balaban J connectivity index is 1.42. The first-order chi connectivity index (χ1) is 13.7. The van der Waals surface area contributed by atoms with Crippen LogP contribution in [0, 0.1) is 11.3 Å². The SMILES string of the molecule is CCn1nc(C[C@@H](C)COCc2ccccc2)c2c1C=CC1(CCOCC1)C2. The molecule has 1 aliphatic heterocycles. The van der Waals surface area contributed by atoms with Gasteiger partial charge < -0.3 is 9.47 Å². The van der Waals surface area contributed by atoms with Gasteiger partial charge in [0.1, 0.15) is 0 Å². The second kappa shape index (κ2) is 8.62. The predicted molar refractivity (Wildman–Crippen MR) is 112 cm³/mol. The zero-order chi connectivity index (χ0) is 19.4. The van der Waals surface area contributed by atoms with E-state index in [2.05, 4.69) is 54.9 Å². The number of aromatic nitrogens is 2. The number of fused-ring (bicyclic) bond motifs is 1. The van der Waals surface area contributed by atoms with Crippen LogP contribution in [-0.4, -0.2) is 29.6 Å². The van der Waals surface area contributed by atoms with E-state index in [1.807, 2.05) is 6.07 Å². The molecule has 0 N–H and O–H groups in total. The molecule has 4 nitrogen and oxygen atoms in total. The molecule has 1 saturated heterocycles. The first-order valence-electron chi connectivity index (χ1n) is 10.7. The molecule has 4 heteroatoms. The monoisotopic (exact) mass is 380 g/mol. The summed E-state index contributed by atoms with van der Waals surface area (Å²) in [6, 6.07) is 10.4. The molecule has 4 rings (SSSR count). The van der Waals surface area contributed by atoms with E-state index in [9.17, 15) is 0 Å². The molecule has 0 unspecified atom stereocenters. The van der Waals surface area contributed by atoms with Gasteiger partial charge in [0, 0.05) is 31.9 Å². The van der Waals surface area contributed by atoms with Gasteiger partial charge in [-0.05, 0) is 55.6 Å². The Labute approximate surface area is 168 Å². The van der Waals surface area contributed by atoms with Crippen LogP contribution in [0.5, 0.6) is 0 Å². The number of aryl methyl sites for hydroxylation is 1. The lowest BCUT2D eigenvalue weighted by atomic mass is 9.72. The highest BCUT2D eigenvalue weighted by atomic mass is 16.5. The topological polar surface area (TPSA) is 36.3 Å². The molecule has 2 heterocycles. The van der Waals surface area contributed by atoms with Crippen LogP contribution in [0.25, 0.3) is 6.08 Å². The maximum atomic E-state index is 5.98. The molecule has 0 saturated carbocycles. The van der Waals surface area contributed by atoms with Crippen molar-refractivity contribution in [3.8, 4) is 0 Å². The fourth-order valence-electron chi connectivity index (χ4n) is 4.48. The number of rotatable bonds is 7. The highest BCUT2D eigenvalue weighted by Gasteiger charge is 2.35. The Morgan fingerprint density at radius 2 is 2.00 bits per heavy atom. The molecule has 1 aromatic heterocycles. The predicted octanol–water partition coefficient (Wildman–Crippen LogP) is 4.66. The van der Waals surface area contributed by atoms with E-state index < -0.39 is 0 Å². The Morgan fingerprint density at radius 3 is 2.75 bits per heavy atom. The summed E-state index contributed by atoms with van der Waals surface area (Å²) in [5.41, 5.74) is 5.54. The minimum atomic E-state index is 0.272. The van der Waals surface area contributed by atoms with E-state index in [-0.39, 0.29) is 5.41 Å². The second-order valence-electron chi connectivity index (χ2n) is 8.42. The summed E-state index contributed by atoms with van der Waals surface area (Å²) in [7, 11) is 0. The van der Waals surface area contributed by atoms with Crippen molar-refractivity contribution in [3.05, 3.63) is 58.9 Å². The van der Waals surface area contributed by atoms with Crippen LogP contribution in [0.4, 0.5) is 0 Å². The Hall–Kier alpha value is -1.91. The summed E-state index contributed by atoms with van der Waals surface area (Å²) in [5.74, 6) is 0.449. The fraction of sp³-hybridized carbons (Fsp3) is 0.542. The van der Waals surface area contributed by atoms with Crippen LogP contribution in [0.2, 0.25) is 0 Å². The first kappa shape index (κ1) is 19.4. The smallest absolute Gasteiger partial charge is 0.0717 e. The van der Waals surface area contributed by atoms with E-state index in [0.717, 1.165) is 52.0 Å². The zero-order valence-electron chi connectivity index (χ0n) is 17.2. The summed E-state index contributed by atoms with van der Waals surface area (Å²) in [4.78, 5) is 0. The number of ether oxygens (including phenoxy) is 2. The summed E-state index contributed by atoms with van der Waals surface area (Å²) < 4.78 is 13.8. The largest absolute Gasteiger partial charge is 0.381 e. The molecular formula is C24H32N2O2. The van der Waals surface area contributed by atoms with Crippen molar-refractivity contribution in [2.75, 3.05) is 19.8 Å². The lowest BCUT2D eigenvalue weighted by Gasteiger charge is -2.37. The lowest BCUT2D eigenvalue weighted by Crippen LogP contribution is -2.32. The standard InChI is InChI=1S/C24H32N2O2/c1-3-26-23-9-10-24(11-13-27-14-12-24)16-21(23)22(25-26)15-19(2)17-28-18-20-7-5-4-6-8-20/h4-10,19H,3,11-18H2,1-2H3/t19-/m1/s1. The van der Waals surface area contributed by atoms with Gasteiger partial charge in [0.05, 0.1) is 18.0 Å². The van der Waals surface area contributed by atoms with Gasteiger partial charge in [-0.3, -0.25) is 4.68 Å². The van der Waals surface area contributed by atoms with E-state index in [0.29, 0.717) is 12.5 Å². The van der Waals surface area contributed by atoms with Crippen molar-refractivity contribution in [2.24, 2.45) is 11.3 Å². The first-order valence-corrected chi connectivity index (χ1v) is 10.7. The highest BCUT2D eigenvalue weighted by molar-refractivity contribution is 5.56. The van der Waals surface area contributed by atoms with Crippen molar-refractivity contribution >= 4 is 6.08 Å². The second-order valence-corrected chi connectivity index (χ2v) is 8.42. The molecule has 0 bridgehead atoms. The normalized spacial score (nSPS) is 18.9. The zero-order valence-corrected chi connectivity index (χ0v) is 17.2. The fourth-order valence-corrected chi connectivity index (χ4v) is 4.48. The Kier molecular flexibility index (Phi) is 5.98. The van der Waals surface area contributed by atoms with E-state index in [1.165, 1.54) is 22.5 Å². The van der Waals surface area contributed by atoms with Gasteiger partial charge in [-0.15, -0.1) is 0 Å². The summed E-state index contributed by atoms with van der Waals surface area (Å²) >= 11 is 0. The molecule has 1 aromatic carbocycles. The molecule has 28 heavy (non-hydrogen) atoms. The summed E-state index contributed by atoms with van der Waals surface area (Å²) in [6.07, 6.45) is 9.08. The minimum absolute atomic E-state index is 0.272. The summed E-state index contributed by atoms with van der Waals surface area (Å²) in [6.45, 7) is 8.56. The van der Waals surface area contributed by atoms with Gasteiger partial charge in [0.25, 0.3) is 0 Å². The molecule has 0 amide bonds. The molecule has 2 aliphatic rings. The average molecular weight is 381 g/mol. The Morgan fingerprint density at radius 1 is 1.21 bits per heavy atom. The maximum absolute atomic E-state index is 5.98. The molecule has 2 aromatic rings. The summed E-state index contributed by atoms with van der Waals surface area (Å²) in [5, 5.41) is 4.97. The van der Waals surface area contributed by atoms with Crippen molar-refractivity contribution in [3.63, 3.8) is 0 Å². The van der Waals surface area contributed by atoms with Crippen LogP contribution in [0.1, 0.15) is 49.2 Å². The van der Waals surface area contributed by atoms with Crippen LogP contribution >= 0.6 is 0 Å². The van der Waals surface area contributed by atoms with Crippen LogP contribution in [0.3, 0.4) is 0 Å². The number of nitrogens with zero attached hydrogens (tertiary/aromatic N) is 2. The molecule has 150 valence electrons. The van der Waals surface area contributed by atoms with Crippen molar-refractivity contribution in [1.29, 1.82) is 0 Å². The lowest BCUT2D eigenvalue weighted by molar-refractivity contribution is 0.0371. The van der Waals surface area contributed by atoms with Crippen LogP contribution < -0.4 is 0 Å². The molecular weight excluding hydrogens is 348 g/mol. The average Bonchev–Trinajstić information content (AvgIpc) is 3.06. The van der Waals surface area contributed by atoms with Gasteiger partial charge in [-0.25, -0.2) is 0 Å². The number of hydrogen-bond acceptors (Lipinski definition) is 3. The van der Waals surface area contributed by atoms with E-state index >= 15 is 0 Å². The van der Waals surface area contributed by atoms with Crippen LogP contribution in [-0.2, 0) is 35.5 Å². The molecule has 1 fully saturated rings. The third kappa shape index (κ3) is 4.23. The van der Waals surface area contributed by atoms with E-state index in [1.54, 1.807) is 0 Å². The van der Waals surface area contributed by atoms with Gasteiger partial charge in [-0.2, -0.15) is 5.10 Å². The van der Waals surface area contributed by atoms with Gasteiger partial charge in [-0.1, -0.05) is 43.3 Å². The number of hydrogen-bond donors (Lipinski definition) is 0. The van der Waals surface area contributed by atoms with Gasteiger partial charge in [0.15, 0.2) is 0 Å². The van der Waals surface area contributed by atoms with Crippen molar-refractivity contribution in [2.45, 2.75) is 52.7 Å². The van der Waals surface area contributed by atoms with Crippen molar-refractivity contribution < 1.29 is 9.47 Å². The third-order valence-electron chi connectivity index (χ3n) is 6.14. The quantitative estimate of drug-likeness (QED) is 0.701. The number of benzene rings is 1. The van der Waals surface area contributed by atoms with Crippen molar-refractivity contribution in [1.82, 2.24) is 9.78 Å². The molecule has 1 atom stereocenters. The Bertz CT molecular complexity index is 804. The van der Waals surface area contributed by atoms with Gasteiger partial charge in [0.2, 0.25) is 0 Å².